The third kappa shape index (κ3) is 4.38. The first kappa shape index (κ1) is 16.1. The summed E-state index contributed by atoms with van der Waals surface area (Å²) in [6.07, 6.45) is 0. The van der Waals surface area contributed by atoms with Gasteiger partial charge in [-0.1, -0.05) is 35.3 Å². The van der Waals surface area contributed by atoms with Gasteiger partial charge in [-0.05, 0) is 35.9 Å². The van der Waals surface area contributed by atoms with E-state index in [2.05, 4.69) is 10.6 Å². The van der Waals surface area contributed by atoms with Gasteiger partial charge in [0.1, 0.15) is 0 Å². The molecule has 7 heteroatoms. The first-order valence-corrected chi connectivity index (χ1v) is 7.10. The summed E-state index contributed by atoms with van der Waals surface area (Å²) < 4.78 is 0. The van der Waals surface area contributed by atoms with E-state index >= 15 is 0 Å². The van der Waals surface area contributed by atoms with Gasteiger partial charge in [0.25, 0.3) is 0 Å². The van der Waals surface area contributed by atoms with Gasteiger partial charge in [0.2, 0.25) is 0 Å². The zero-order chi connectivity index (χ0) is 16.1. The van der Waals surface area contributed by atoms with E-state index in [1.54, 1.807) is 36.4 Å². The van der Waals surface area contributed by atoms with E-state index in [0.717, 1.165) is 5.56 Å². The zero-order valence-corrected chi connectivity index (χ0v) is 12.9. The Morgan fingerprint density at radius 1 is 1.00 bits per heavy atom. The van der Waals surface area contributed by atoms with Crippen LogP contribution in [0.15, 0.2) is 42.5 Å². The van der Waals surface area contributed by atoms with Crippen LogP contribution in [0.4, 0.5) is 11.4 Å². The van der Waals surface area contributed by atoms with Crippen LogP contribution in [-0.2, 0) is 16.1 Å². The van der Waals surface area contributed by atoms with Gasteiger partial charge < -0.3 is 16.4 Å². The molecule has 0 aliphatic heterocycles. The van der Waals surface area contributed by atoms with Crippen LogP contribution in [-0.4, -0.2) is 11.8 Å². The molecule has 2 aromatic rings. The molecule has 0 aromatic heterocycles. The van der Waals surface area contributed by atoms with Crippen molar-refractivity contribution in [2.24, 2.45) is 0 Å². The highest BCUT2D eigenvalue weighted by molar-refractivity contribution is 6.40. The number of amides is 2. The van der Waals surface area contributed by atoms with Crippen LogP contribution in [0.2, 0.25) is 10.0 Å². The number of benzene rings is 2. The fraction of sp³-hybridized carbons (Fsp3) is 0.0667. The third-order valence-electron chi connectivity index (χ3n) is 2.83. The first-order valence-electron chi connectivity index (χ1n) is 6.34. The Morgan fingerprint density at radius 2 is 1.68 bits per heavy atom. The van der Waals surface area contributed by atoms with Crippen LogP contribution in [0.25, 0.3) is 0 Å². The number of hydrogen-bond donors (Lipinski definition) is 3. The lowest BCUT2D eigenvalue weighted by molar-refractivity contribution is -0.136. The van der Waals surface area contributed by atoms with E-state index in [1.165, 1.54) is 6.07 Å². The molecule has 0 spiro atoms. The number of carbonyl (C=O) groups excluding carboxylic acids is 2. The Kier molecular flexibility index (Phi) is 5.25. The number of nitrogen functional groups attached to an aromatic ring is 1. The molecular formula is C15H13Cl2N3O2. The van der Waals surface area contributed by atoms with Crippen molar-refractivity contribution in [3.05, 3.63) is 58.1 Å². The molecule has 114 valence electrons. The van der Waals surface area contributed by atoms with Crippen molar-refractivity contribution in [3.8, 4) is 0 Å². The van der Waals surface area contributed by atoms with E-state index in [0.29, 0.717) is 21.4 Å². The summed E-state index contributed by atoms with van der Waals surface area (Å²) in [5.41, 5.74) is 7.19. The predicted octanol–water partition coefficient (Wildman–Crippen LogP) is 2.83. The molecular weight excluding hydrogens is 325 g/mol. The average Bonchev–Trinajstić information content (AvgIpc) is 2.50. The molecule has 0 aliphatic rings. The first-order chi connectivity index (χ1) is 10.5. The fourth-order valence-corrected chi connectivity index (χ4v) is 1.96. The van der Waals surface area contributed by atoms with Crippen LogP contribution < -0.4 is 16.4 Å². The molecule has 0 fully saturated rings. The monoisotopic (exact) mass is 337 g/mol. The van der Waals surface area contributed by atoms with Crippen molar-refractivity contribution in [2.45, 2.75) is 6.54 Å². The van der Waals surface area contributed by atoms with Crippen LogP contribution in [0, 0.1) is 0 Å². The summed E-state index contributed by atoms with van der Waals surface area (Å²) in [6, 6.07) is 11.5. The molecule has 22 heavy (non-hydrogen) atoms. The van der Waals surface area contributed by atoms with Gasteiger partial charge in [0, 0.05) is 17.3 Å². The van der Waals surface area contributed by atoms with Gasteiger partial charge in [-0.15, -0.1) is 0 Å². The van der Waals surface area contributed by atoms with Crippen molar-refractivity contribution in [3.63, 3.8) is 0 Å². The molecule has 0 unspecified atom stereocenters. The Balaban J connectivity index is 1.90. The number of halogens is 2. The Morgan fingerprint density at radius 3 is 2.32 bits per heavy atom. The second-order valence-corrected chi connectivity index (χ2v) is 5.34. The lowest BCUT2D eigenvalue weighted by Crippen LogP contribution is -2.34. The lowest BCUT2D eigenvalue weighted by atomic mass is 10.2. The molecule has 0 aliphatic carbocycles. The van der Waals surface area contributed by atoms with E-state index < -0.39 is 11.8 Å². The molecule has 0 saturated heterocycles. The maximum atomic E-state index is 11.8. The minimum atomic E-state index is -0.783. The normalized spacial score (nSPS) is 10.1. The number of anilines is 2. The predicted molar refractivity (Wildman–Crippen MR) is 87.8 cm³/mol. The topological polar surface area (TPSA) is 84.2 Å². The minimum Gasteiger partial charge on any atom is -0.398 e. The summed E-state index contributed by atoms with van der Waals surface area (Å²) in [4.78, 5) is 23.5. The SMILES string of the molecule is Nc1ccc(NC(=O)C(=O)NCc2ccc(Cl)cc2)cc1Cl. The molecule has 0 atom stereocenters. The third-order valence-corrected chi connectivity index (χ3v) is 3.41. The second-order valence-electron chi connectivity index (χ2n) is 4.50. The van der Waals surface area contributed by atoms with E-state index in [4.69, 9.17) is 28.9 Å². The fourth-order valence-electron chi connectivity index (χ4n) is 1.66. The molecule has 0 saturated carbocycles. The maximum absolute atomic E-state index is 11.8. The molecule has 0 radical (unpaired) electrons. The van der Waals surface area contributed by atoms with Crippen molar-refractivity contribution >= 4 is 46.4 Å². The standard InChI is InChI=1S/C15H13Cl2N3O2/c16-10-3-1-9(2-4-10)8-19-14(21)15(22)20-11-5-6-13(18)12(17)7-11/h1-7H,8,18H2,(H,19,21)(H,20,22). The molecule has 0 heterocycles. The molecule has 2 aromatic carbocycles. The summed E-state index contributed by atoms with van der Waals surface area (Å²) >= 11 is 11.6. The Hall–Kier alpha value is -2.24. The molecule has 2 amide bonds. The van der Waals surface area contributed by atoms with Gasteiger partial charge in [0.15, 0.2) is 0 Å². The Labute approximate surface area is 137 Å². The van der Waals surface area contributed by atoms with E-state index in [9.17, 15) is 9.59 Å². The largest absolute Gasteiger partial charge is 0.398 e. The maximum Gasteiger partial charge on any atom is 0.313 e. The number of nitrogens with one attached hydrogen (secondary N) is 2. The minimum absolute atomic E-state index is 0.228. The van der Waals surface area contributed by atoms with Gasteiger partial charge in [0.05, 0.1) is 10.7 Å². The smallest absolute Gasteiger partial charge is 0.313 e. The number of hydrogen-bond acceptors (Lipinski definition) is 3. The summed E-state index contributed by atoms with van der Waals surface area (Å²) in [5, 5.41) is 5.87. The second kappa shape index (κ2) is 7.15. The average molecular weight is 338 g/mol. The van der Waals surface area contributed by atoms with Crippen LogP contribution >= 0.6 is 23.2 Å². The van der Waals surface area contributed by atoms with Crippen molar-refractivity contribution in [1.29, 1.82) is 0 Å². The summed E-state index contributed by atoms with van der Waals surface area (Å²) in [5.74, 6) is -1.53. The van der Waals surface area contributed by atoms with Crippen molar-refractivity contribution in [2.75, 3.05) is 11.1 Å². The summed E-state index contributed by atoms with van der Waals surface area (Å²) in [6.45, 7) is 0.228. The van der Waals surface area contributed by atoms with E-state index in [1.807, 2.05) is 0 Å². The van der Waals surface area contributed by atoms with Gasteiger partial charge in [-0.25, -0.2) is 0 Å². The molecule has 2 rings (SSSR count). The number of nitrogens with two attached hydrogens (primary N) is 1. The number of carbonyl (C=O) groups is 2. The van der Waals surface area contributed by atoms with E-state index in [-0.39, 0.29) is 6.54 Å². The highest BCUT2D eigenvalue weighted by Crippen LogP contribution is 2.22. The van der Waals surface area contributed by atoms with Crippen LogP contribution in [0.1, 0.15) is 5.56 Å². The number of rotatable bonds is 3. The highest BCUT2D eigenvalue weighted by atomic mass is 35.5. The molecule has 0 bridgehead atoms. The lowest BCUT2D eigenvalue weighted by Gasteiger charge is -2.08. The highest BCUT2D eigenvalue weighted by Gasteiger charge is 2.13. The summed E-state index contributed by atoms with van der Waals surface area (Å²) in [7, 11) is 0. The van der Waals surface area contributed by atoms with Crippen molar-refractivity contribution < 1.29 is 9.59 Å². The van der Waals surface area contributed by atoms with Gasteiger partial charge in [-0.3, -0.25) is 9.59 Å². The molecule has 5 nitrogen and oxygen atoms in total. The van der Waals surface area contributed by atoms with Crippen LogP contribution in [0.3, 0.4) is 0 Å². The van der Waals surface area contributed by atoms with Gasteiger partial charge in [-0.2, -0.15) is 0 Å². The van der Waals surface area contributed by atoms with Crippen LogP contribution in [0.5, 0.6) is 0 Å². The zero-order valence-electron chi connectivity index (χ0n) is 11.4. The Bertz CT molecular complexity index is 702. The molecule has 4 N–H and O–H groups in total. The quantitative estimate of drug-likeness (QED) is 0.594. The van der Waals surface area contributed by atoms with Crippen molar-refractivity contribution in [1.82, 2.24) is 5.32 Å². The van der Waals surface area contributed by atoms with Gasteiger partial charge >= 0.3 is 11.8 Å².